The van der Waals surface area contributed by atoms with Gasteiger partial charge in [0.15, 0.2) is 5.76 Å². The Bertz CT molecular complexity index is 809. The van der Waals surface area contributed by atoms with Crippen molar-refractivity contribution in [2.24, 2.45) is 0 Å². The standard InChI is InChI=1S/C15H10FNO3S2/c1-7-17-10-11(18)13(20-2)15(12(19)14(10)21-7)22-9-5-3-8(16)4-6-9/h3-6H,1-2H3. The van der Waals surface area contributed by atoms with Gasteiger partial charge in [0, 0.05) is 4.90 Å². The van der Waals surface area contributed by atoms with Crippen molar-refractivity contribution < 1.29 is 18.7 Å². The molecule has 0 amide bonds. The van der Waals surface area contributed by atoms with Gasteiger partial charge in [0.25, 0.3) is 0 Å². The van der Waals surface area contributed by atoms with Crippen LogP contribution in [0, 0.1) is 12.7 Å². The van der Waals surface area contributed by atoms with Crippen molar-refractivity contribution in [1.29, 1.82) is 0 Å². The fourth-order valence-electron chi connectivity index (χ4n) is 2.05. The second-order valence-corrected chi connectivity index (χ2v) is 6.77. The third kappa shape index (κ3) is 2.46. The molecule has 0 radical (unpaired) electrons. The van der Waals surface area contributed by atoms with Gasteiger partial charge in [-0.3, -0.25) is 9.59 Å². The third-order valence-electron chi connectivity index (χ3n) is 3.01. The molecule has 1 aliphatic rings. The Morgan fingerprint density at radius 1 is 1.18 bits per heavy atom. The average Bonchev–Trinajstić information content (AvgIpc) is 2.89. The number of halogens is 1. The van der Waals surface area contributed by atoms with E-state index < -0.39 is 5.78 Å². The molecule has 0 spiro atoms. The summed E-state index contributed by atoms with van der Waals surface area (Å²) in [5, 5.41) is 0.648. The van der Waals surface area contributed by atoms with Gasteiger partial charge < -0.3 is 4.74 Å². The predicted molar refractivity (Wildman–Crippen MR) is 81.8 cm³/mol. The number of thiazole rings is 1. The molecule has 1 aromatic heterocycles. The predicted octanol–water partition coefficient (Wildman–Crippen LogP) is 3.62. The number of aromatic nitrogens is 1. The van der Waals surface area contributed by atoms with Gasteiger partial charge in [-0.05, 0) is 31.2 Å². The lowest BCUT2D eigenvalue weighted by atomic mass is 10.1. The number of Topliss-reactive ketones (excluding diaryl/α,β-unsaturated/α-hetero) is 2. The van der Waals surface area contributed by atoms with Gasteiger partial charge in [0.1, 0.15) is 21.3 Å². The number of rotatable bonds is 3. The Kier molecular flexibility index (Phi) is 3.84. The summed E-state index contributed by atoms with van der Waals surface area (Å²) in [5.74, 6) is -1.06. The molecule has 1 aliphatic carbocycles. The molecule has 0 aliphatic heterocycles. The number of hydrogen-bond donors (Lipinski definition) is 0. The van der Waals surface area contributed by atoms with Crippen molar-refractivity contribution in [2.45, 2.75) is 11.8 Å². The monoisotopic (exact) mass is 335 g/mol. The minimum absolute atomic E-state index is 0.0166. The molecule has 0 bridgehead atoms. The summed E-state index contributed by atoms with van der Waals surface area (Å²) < 4.78 is 18.1. The van der Waals surface area contributed by atoms with Gasteiger partial charge in [-0.25, -0.2) is 9.37 Å². The molecule has 4 nitrogen and oxygen atoms in total. The summed E-state index contributed by atoms with van der Waals surface area (Å²) in [6.45, 7) is 1.74. The highest BCUT2D eigenvalue weighted by atomic mass is 32.2. The number of hydrogen-bond acceptors (Lipinski definition) is 6. The molecular weight excluding hydrogens is 325 g/mol. The SMILES string of the molecule is COC1=C(Sc2ccc(F)cc2)C(=O)c2sc(C)nc2C1=O. The minimum atomic E-state index is -0.397. The van der Waals surface area contributed by atoms with Crippen molar-refractivity contribution in [3.63, 3.8) is 0 Å². The average molecular weight is 335 g/mol. The van der Waals surface area contributed by atoms with Crippen LogP contribution in [0.1, 0.15) is 25.2 Å². The second-order valence-electron chi connectivity index (χ2n) is 4.49. The van der Waals surface area contributed by atoms with Gasteiger partial charge in [-0.15, -0.1) is 11.3 Å². The van der Waals surface area contributed by atoms with Crippen LogP contribution in [0.25, 0.3) is 0 Å². The lowest BCUT2D eigenvalue weighted by Crippen LogP contribution is -2.20. The van der Waals surface area contributed by atoms with E-state index >= 15 is 0 Å². The van der Waals surface area contributed by atoms with E-state index in [1.54, 1.807) is 19.1 Å². The first-order chi connectivity index (χ1) is 10.5. The number of nitrogens with zero attached hydrogens (tertiary/aromatic N) is 1. The molecule has 2 aromatic rings. The zero-order valence-electron chi connectivity index (χ0n) is 11.7. The number of carbonyl (C=O) groups is 2. The quantitative estimate of drug-likeness (QED) is 0.857. The lowest BCUT2D eigenvalue weighted by molar-refractivity contribution is 0.0911. The van der Waals surface area contributed by atoms with Crippen LogP contribution in [0.5, 0.6) is 0 Å². The van der Waals surface area contributed by atoms with Gasteiger partial charge in [0.2, 0.25) is 11.6 Å². The number of ether oxygens (including phenoxy) is 1. The van der Waals surface area contributed by atoms with E-state index in [0.29, 0.717) is 14.8 Å². The minimum Gasteiger partial charge on any atom is -0.491 e. The van der Waals surface area contributed by atoms with Crippen LogP contribution in [0.3, 0.4) is 0 Å². The summed E-state index contributed by atoms with van der Waals surface area (Å²) in [6, 6.07) is 5.69. The van der Waals surface area contributed by atoms with Crippen LogP contribution in [-0.2, 0) is 4.74 Å². The van der Waals surface area contributed by atoms with E-state index in [1.807, 2.05) is 0 Å². The number of carbonyl (C=O) groups excluding carboxylic acids is 2. The smallest absolute Gasteiger partial charge is 0.248 e. The first-order valence-electron chi connectivity index (χ1n) is 6.29. The topological polar surface area (TPSA) is 56.3 Å². The van der Waals surface area contributed by atoms with Crippen molar-refractivity contribution in [3.05, 3.63) is 56.3 Å². The van der Waals surface area contributed by atoms with Crippen LogP contribution < -0.4 is 0 Å². The molecule has 112 valence electrons. The fraction of sp³-hybridized carbons (Fsp3) is 0.133. The highest BCUT2D eigenvalue weighted by Gasteiger charge is 2.37. The summed E-state index contributed by atoms with van der Waals surface area (Å²) in [6.07, 6.45) is 0. The second kappa shape index (κ2) is 5.66. The maximum atomic E-state index is 13.0. The van der Waals surface area contributed by atoms with E-state index in [2.05, 4.69) is 4.98 Å². The third-order valence-corrected chi connectivity index (χ3v) is 5.06. The van der Waals surface area contributed by atoms with Crippen molar-refractivity contribution in [3.8, 4) is 0 Å². The van der Waals surface area contributed by atoms with Crippen LogP contribution in [-0.4, -0.2) is 23.7 Å². The maximum absolute atomic E-state index is 13.0. The molecule has 0 fully saturated rings. The largest absolute Gasteiger partial charge is 0.491 e. The van der Waals surface area contributed by atoms with Crippen molar-refractivity contribution in [1.82, 2.24) is 4.98 Å². The molecule has 22 heavy (non-hydrogen) atoms. The van der Waals surface area contributed by atoms with Crippen LogP contribution >= 0.6 is 23.1 Å². The number of aryl methyl sites for hydroxylation is 1. The van der Waals surface area contributed by atoms with Crippen LogP contribution in [0.4, 0.5) is 4.39 Å². The maximum Gasteiger partial charge on any atom is 0.248 e. The number of benzene rings is 1. The molecule has 0 atom stereocenters. The first kappa shape index (κ1) is 14.9. The summed E-state index contributed by atoms with van der Waals surface area (Å²) in [5.41, 5.74) is 0.146. The Morgan fingerprint density at radius 3 is 2.50 bits per heavy atom. The Hall–Kier alpha value is -1.99. The molecular formula is C15H10FNO3S2. The molecule has 7 heteroatoms. The highest BCUT2D eigenvalue weighted by molar-refractivity contribution is 8.04. The number of thioether (sulfide) groups is 1. The van der Waals surface area contributed by atoms with Crippen molar-refractivity contribution >= 4 is 34.7 Å². The number of allylic oxidation sites excluding steroid dienone is 2. The Morgan fingerprint density at radius 2 is 1.86 bits per heavy atom. The van der Waals surface area contributed by atoms with E-state index in [9.17, 15) is 14.0 Å². The zero-order chi connectivity index (χ0) is 15.9. The molecule has 0 unspecified atom stereocenters. The summed E-state index contributed by atoms with van der Waals surface area (Å²) in [4.78, 5) is 30.3. The molecule has 1 heterocycles. The van der Waals surface area contributed by atoms with Crippen LogP contribution in [0.2, 0.25) is 0 Å². The molecule has 0 saturated heterocycles. The van der Waals surface area contributed by atoms with Gasteiger partial charge in [0.05, 0.1) is 12.1 Å². The van der Waals surface area contributed by atoms with Crippen molar-refractivity contribution in [2.75, 3.05) is 7.11 Å². The van der Waals surface area contributed by atoms with E-state index in [-0.39, 0.29) is 28.0 Å². The van der Waals surface area contributed by atoms with Gasteiger partial charge >= 0.3 is 0 Å². The normalized spacial score (nSPS) is 14.3. The summed E-state index contributed by atoms with van der Waals surface area (Å²) >= 11 is 2.27. The van der Waals surface area contributed by atoms with Gasteiger partial charge in [-0.2, -0.15) is 0 Å². The molecule has 1 aromatic carbocycles. The highest BCUT2D eigenvalue weighted by Crippen LogP contribution is 2.38. The fourth-order valence-corrected chi connectivity index (χ4v) is 3.95. The molecule has 3 rings (SSSR count). The molecule has 0 N–H and O–H groups in total. The molecule has 0 saturated carbocycles. The first-order valence-corrected chi connectivity index (χ1v) is 7.93. The zero-order valence-corrected chi connectivity index (χ0v) is 13.3. The lowest BCUT2D eigenvalue weighted by Gasteiger charge is -2.16. The number of ketones is 2. The van der Waals surface area contributed by atoms with Crippen LogP contribution in [0.15, 0.2) is 39.8 Å². The van der Waals surface area contributed by atoms with E-state index in [0.717, 1.165) is 11.8 Å². The Labute approximate surface area is 134 Å². The Balaban J connectivity index is 2.05. The van der Waals surface area contributed by atoms with E-state index in [1.165, 1.54) is 30.6 Å². The van der Waals surface area contributed by atoms with Gasteiger partial charge in [-0.1, -0.05) is 11.8 Å². The number of fused-ring (bicyclic) bond motifs is 1. The summed E-state index contributed by atoms with van der Waals surface area (Å²) in [7, 11) is 1.34. The van der Waals surface area contributed by atoms with E-state index in [4.69, 9.17) is 4.74 Å². The number of methoxy groups -OCH3 is 1.